The lowest BCUT2D eigenvalue weighted by Crippen LogP contribution is -2.28. The number of nitrogens with zero attached hydrogens (tertiary/aromatic N) is 1. The Morgan fingerprint density at radius 1 is 1.12 bits per heavy atom. The molecule has 130 valence electrons. The fraction of sp³-hybridized carbons (Fsp3) is 0.389. The van der Waals surface area contributed by atoms with Crippen molar-refractivity contribution < 1.29 is 19.4 Å². The highest BCUT2D eigenvalue weighted by Crippen LogP contribution is 2.27. The van der Waals surface area contributed by atoms with Gasteiger partial charge in [-0.15, -0.1) is 0 Å². The lowest BCUT2D eigenvalue weighted by Gasteiger charge is -2.21. The van der Waals surface area contributed by atoms with Crippen LogP contribution in [-0.4, -0.2) is 43.3 Å². The van der Waals surface area contributed by atoms with E-state index in [1.165, 1.54) is 5.56 Å². The van der Waals surface area contributed by atoms with E-state index in [0.717, 1.165) is 25.1 Å². The molecule has 0 spiro atoms. The summed E-state index contributed by atoms with van der Waals surface area (Å²) in [5.74, 6) is 0.656. The number of hydrogen-bond donors (Lipinski definition) is 1. The molecule has 1 aromatic carbocycles. The Kier molecular flexibility index (Phi) is 7.08. The third-order valence-electron chi connectivity index (χ3n) is 3.79. The van der Waals surface area contributed by atoms with Gasteiger partial charge in [0.05, 0.1) is 20.6 Å². The van der Waals surface area contributed by atoms with Crippen LogP contribution in [-0.2, 0) is 17.8 Å². The van der Waals surface area contributed by atoms with E-state index < -0.39 is 5.97 Å². The fourth-order valence-electron chi connectivity index (χ4n) is 2.49. The van der Waals surface area contributed by atoms with Crippen LogP contribution in [0.1, 0.15) is 17.5 Å². The lowest BCUT2D eigenvalue weighted by molar-refractivity contribution is -0.137. The molecule has 0 amide bonds. The van der Waals surface area contributed by atoms with Crippen molar-refractivity contribution in [1.82, 2.24) is 4.90 Å². The zero-order valence-corrected chi connectivity index (χ0v) is 14.8. The largest absolute Gasteiger partial charge is 0.493 e. The molecule has 0 saturated heterocycles. The highest BCUT2D eigenvalue weighted by atomic mass is 32.1. The Labute approximate surface area is 146 Å². The summed E-state index contributed by atoms with van der Waals surface area (Å²) in [5.41, 5.74) is 2.36. The van der Waals surface area contributed by atoms with E-state index in [4.69, 9.17) is 14.6 Å². The standard InChI is InChI=1S/C18H23NO4S/c1-22-16-4-3-14(11-17(16)23-2)5-8-19(9-6-18(20)21)12-15-7-10-24-13-15/h3-4,7,10-11,13H,5-6,8-9,12H2,1-2H3,(H,20,21). The molecule has 5 nitrogen and oxygen atoms in total. The van der Waals surface area contributed by atoms with E-state index in [2.05, 4.69) is 16.3 Å². The summed E-state index contributed by atoms with van der Waals surface area (Å²) in [6.45, 7) is 2.10. The molecule has 1 N–H and O–H groups in total. The molecule has 0 saturated carbocycles. The van der Waals surface area contributed by atoms with Gasteiger partial charge < -0.3 is 14.6 Å². The number of benzene rings is 1. The normalized spacial score (nSPS) is 10.8. The van der Waals surface area contributed by atoms with Crippen molar-refractivity contribution in [2.24, 2.45) is 0 Å². The first kappa shape index (κ1) is 18.3. The average molecular weight is 349 g/mol. The number of carboxylic acid groups (broad SMARTS) is 1. The second-order valence-corrected chi connectivity index (χ2v) is 6.27. The van der Waals surface area contributed by atoms with Crippen LogP contribution in [0.25, 0.3) is 0 Å². The first-order chi connectivity index (χ1) is 11.6. The molecule has 0 bridgehead atoms. The van der Waals surface area contributed by atoms with Gasteiger partial charge in [-0.2, -0.15) is 11.3 Å². The van der Waals surface area contributed by atoms with E-state index in [0.29, 0.717) is 18.0 Å². The molecule has 0 unspecified atom stereocenters. The number of aliphatic carboxylic acids is 1. The van der Waals surface area contributed by atoms with Gasteiger partial charge in [0.25, 0.3) is 0 Å². The summed E-state index contributed by atoms with van der Waals surface area (Å²) in [7, 11) is 3.24. The summed E-state index contributed by atoms with van der Waals surface area (Å²) < 4.78 is 10.6. The quantitative estimate of drug-likeness (QED) is 0.713. The van der Waals surface area contributed by atoms with Crippen LogP contribution in [0, 0.1) is 0 Å². The SMILES string of the molecule is COc1ccc(CCN(CCC(=O)O)Cc2ccsc2)cc1OC. The zero-order chi connectivity index (χ0) is 17.4. The maximum atomic E-state index is 10.9. The van der Waals surface area contributed by atoms with Crippen molar-refractivity contribution in [3.8, 4) is 11.5 Å². The number of hydrogen-bond acceptors (Lipinski definition) is 5. The fourth-order valence-corrected chi connectivity index (χ4v) is 3.15. The first-order valence-electron chi connectivity index (χ1n) is 7.78. The van der Waals surface area contributed by atoms with Gasteiger partial charge in [-0.3, -0.25) is 9.69 Å². The smallest absolute Gasteiger partial charge is 0.304 e. The van der Waals surface area contributed by atoms with Crippen molar-refractivity contribution in [2.45, 2.75) is 19.4 Å². The maximum absolute atomic E-state index is 10.9. The van der Waals surface area contributed by atoms with Gasteiger partial charge in [0, 0.05) is 19.6 Å². The molecule has 0 fully saturated rings. The summed E-state index contributed by atoms with van der Waals surface area (Å²) in [5, 5.41) is 13.1. The third kappa shape index (κ3) is 5.54. The van der Waals surface area contributed by atoms with E-state index in [1.54, 1.807) is 25.6 Å². The summed E-state index contributed by atoms with van der Waals surface area (Å²) in [6.07, 6.45) is 0.972. The van der Waals surface area contributed by atoms with E-state index >= 15 is 0 Å². The van der Waals surface area contributed by atoms with Crippen molar-refractivity contribution in [2.75, 3.05) is 27.3 Å². The predicted octanol–water partition coefficient (Wildman–Crippen LogP) is 3.28. The lowest BCUT2D eigenvalue weighted by atomic mass is 10.1. The van der Waals surface area contributed by atoms with Crippen LogP contribution in [0.3, 0.4) is 0 Å². The number of ether oxygens (including phenoxy) is 2. The van der Waals surface area contributed by atoms with E-state index in [9.17, 15) is 4.79 Å². The second-order valence-electron chi connectivity index (χ2n) is 5.49. The molecular weight excluding hydrogens is 326 g/mol. The van der Waals surface area contributed by atoms with Crippen LogP contribution >= 0.6 is 11.3 Å². The molecule has 1 aromatic heterocycles. The Hall–Kier alpha value is -2.05. The third-order valence-corrected chi connectivity index (χ3v) is 4.52. The van der Waals surface area contributed by atoms with Crippen molar-refractivity contribution >= 4 is 17.3 Å². The minimum absolute atomic E-state index is 0.149. The van der Waals surface area contributed by atoms with Gasteiger partial charge in [-0.1, -0.05) is 6.07 Å². The van der Waals surface area contributed by atoms with Crippen LogP contribution < -0.4 is 9.47 Å². The molecule has 24 heavy (non-hydrogen) atoms. The van der Waals surface area contributed by atoms with Gasteiger partial charge in [0.2, 0.25) is 0 Å². The number of carbonyl (C=O) groups is 1. The van der Waals surface area contributed by atoms with Crippen molar-refractivity contribution in [3.05, 3.63) is 46.2 Å². The second kappa shape index (κ2) is 9.30. The topological polar surface area (TPSA) is 59.0 Å². The number of thiophene rings is 1. The summed E-state index contributed by atoms with van der Waals surface area (Å²) in [6, 6.07) is 7.96. The van der Waals surface area contributed by atoms with Crippen LogP contribution in [0.5, 0.6) is 11.5 Å². The molecule has 0 radical (unpaired) electrons. The molecule has 0 aliphatic heterocycles. The Morgan fingerprint density at radius 3 is 2.54 bits per heavy atom. The Balaban J connectivity index is 1.99. The van der Waals surface area contributed by atoms with Crippen LogP contribution in [0.15, 0.2) is 35.0 Å². The maximum Gasteiger partial charge on any atom is 0.304 e. The molecule has 6 heteroatoms. The van der Waals surface area contributed by atoms with E-state index in [-0.39, 0.29) is 6.42 Å². The highest BCUT2D eigenvalue weighted by molar-refractivity contribution is 7.07. The molecule has 2 aromatic rings. The predicted molar refractivity (Wildman–Crippen MR) is 95.1 cm³/mol. The van der Waals surface area contributed by atoms with Crippen molar-refractivity contribution in [1.29, 1.82) is 0 Å². The average Bonchev–Trinajstić information content (AvgIpc) is 3.09. The Morgan fingerprint density at radius 2 is 1.92 bits per heavy atom. The van der Waals surface area contributed by atoms with Gasteiger partial charge in [-0.05, 0) is 46.5 Å². The van der Waals surface area contributed by atoms with Crippen LogP contribution in [0.4, 0.5) is 0 Å². The molecule has 0 aliphatic rings. The minimum Gasteiger partial charge on any atom is -0.493 e. The number of methoxy groups -OCH3 is 2. The summed E-state index contributed by atoms with van der Waals surface area (Å²) in [4.78, 5) is 13.1. The first-order valence-corrected chi connectivity index (χ1v) is 8.72. The molecule has 1 heterocycles. The Bertz CT molecular complexity index is 642. The van der Waals surface area contributed by atoms with Gasteiger partial charge >= 0.3 is 5.97 Å². The van der Waals surface area contributed by atoms with Gasteiger partial charge in [-0.25, -0.2) is 0 Å². The minimum atomic E-state index is -0.767. The number of rotatable bonds is 10. The van der Waals surface area contributed by atoms with Gasteiger partial charge in [0.1, 0.15) is 0 Å². The van der Waals surface area contributed by atoms with E-state index in [1.807, 2.05) is 23.6 Å². The zero-order valence-electron chi connectivity index (χ0n) is 14.0. The van der Waals surface area contributed by atoms with Crippen LogP contribution in [0.2, 0.25) is 0 Å². The molecule has 0 aliphatic carbocycles. The molecule has 2 rings (SSSR count). The van der Waals surface area contributed by atoms with Crippen molar-refractivity contribution in [3.63, 3.8) is 0 Å². The highest BCUT2D eigenvalue weighted by Gasteiger charge is 2.11. The number of carboxylic acids is 1. The molecule has 0 atom stereocenters. The monoisotopic (exact) mass is 349 g/mol. The summed E-state index contributed by atoms with van der Waals surface area (Å²) >= 11 is 1.66. The van der Waals surface area contributed by atoms with Gasteiger partial charge in [0.15, 0.2) is 11.5 Å². The molecular formula is C18H23NO4S.